The minimum atomic E-state index is 0.00685. The van der Waals surface area contributed by atoms with E-state index in [1.807, 2.05) is 66.7 Å². The maximum Gasteiger partial charge on any atom is 0.263 e. The molecule has 2 nitrogen and oxygen atoms in total. The van der Waals surface area contributed by atoms with Crippen LogP contribution in [0.15, 0.2) is 82.1 Å². The molecule has 0 saturated heterocycles. The zero-order chi connectivity index (χ0) is 15.1. The molecule has 0 amide bonds. The first-order chi connectivity index (χ1) is 10.8. The molecule has 0 aliphatic heterocycles. The number of para-hydroxylation sites is 1. The van der Waals surface area contributed by atoms with Crippen LogP contribution in [-0.2, 0) is 0 Å². The van der Waals surface area contributed by atoms with Crippen LogP contribution < -0.4 is 5.56 Å². The van der Waals surface area contributed by atoms with E-state index in [4.69, 9.17) is 0 Å². The normalized spacial score (nSPS) is 11.1. The van der Waals surface area contributed by atoms with Gasteiger partial charge in [0, 0.05) is 20.9 Å². The Morgan fingerprint density at radius 3 is 2.18 bits per heavy atom. The molecule has 0 saturated carbocycles. The predicted molar refractivity (Wildman–Crippen MR) is 94.8 cm³/mol. The molecule has 0 fully saturated rings. The highest BCUT2D eigenvalue weighted by Gasteiger charge is 2.11. The minimum Gasteiger partial charge on any atom is -0.276 e. The van der Waals surface area contributed by atoms with Crippen LogP contribution in [0.25, 0.3) is 27.4 Å². The van der Waals surface area contributed by atoms with Gasteiger partial charge in [0.05, 0.1) is 5.52 Å². The summed E-state index contributed by atoms with van der Waals surface area (Å²) in [6, 6.07) is 23.6. The van der Waals surface area contributed by atoms with Crippen LogP contribution in [0.5, 0.6) is 0 Å². The van der Waals surface area contributed by atoms with Crippen molar-refractivity contribution in [2.45, 2.75) is 0 Å². The topological polar surface area (TPSA) is 22.0 Å². The second-order valence-electron chi connectivity index (χ2n) is 5.18. The summed E-state index contributed by atoms with van der Waals surface area (Å²) in [7, 11) is 0. The summed E-state index contributed by atoms with van der Waals surface area (Å²) >= 11 is 3.51. The van der Waals surface area contributed by atoms with E-state index in [1.54, 1.807) is 4.57 Å². The molecule has 106 valence electrons. The first kappa shape index (κ1) is 13.3. The van der Waals surface area contributed by atoms with E-state index in [0.717, 1.165) is 31.8 Å². The second-order valence-corrected chi connectivity index (χ2v) is 6.10. The van der Waals surface area contributed by atoms with E-state index in [1.165, 1.54) is 0 Å². The van der Waals surface area contributed by atoms with E-state index in [2.05, 4.69) is 22.0 Å². The van der Waals surface area contributed by atoms with Crippen molar-refractivity contribution in [3.8, 4) is 5.69 Å². The van der Waals surface area contributed by atoms with E-state index < -0.39 is 0 Å². The standard InChI is InChI=1S/C19H12BrNO/c20-13-10-11-16-15-8-4-5-9-17(15)19(22)21(18(16)12-13)14-6-2-1-3-7-14/h1-12H. The summed E-state index contributed by atoms with van der Waals surface area (Å²) in [5.41, 5.74) is 1.79. The Kier molecular flexibility index (Phi) is 3.09. The van der Waals surface area contributed by atoms with Crippen molar-refractivity contribution in [3.05, 3.63) is 87.6 Å². The van der Waals surface area contributed by atoms with Crippen molar-refractivity contribution in [2.24, 2.45) is 0 Å². The minimum absolute atomic E-state index is 0.00685. The van der Waals surface area contributed by atoms with Crippen LogP contribution in [0.2, 0.25) is 0 Å². The highest BCUT2D eigenvalue weighted by Crippen LogP contribution is 2.27. The molecular weight excluding hydrogens is 338 g/mol. The van der Waals surface area contributed by atoms with Gasteiger partial charge in [0.15, 0.2) is 0 Å². The fraction of sp³-hybridized carbons (Fsp3) is 0. The molecule has 0 atom stereocenters. The lowest BCUT2D eigenvalue weighted by molar-refractivity contribution is 1.06. The smallest absolute Gasteiger partial charge is 0.263 e. The van der Waals surface area contributed by atoms with Gasteiger partial charge < -0.3 is 0 Å². The van der Waals surface area contributed by atoms with Crippen LogP contribution in [0, 0.1) is 0 Å². The molecule has 1 heterocycles. The number of halogens is 1. The number of benzene rings is 3. The summed E-state index contributed by atoms with van der Waals surface area (Å²) in [5, 5.41) is 2.80. The monoisotopic (exact) mass is 349 g/mol. The average Bonchev–Trinajstić information content (AvgIpc) is 2.56. The molecule has 0 N–H and O–H groups in total. The molecule has 0 aliphatic carbocycles. The maximum absolute atomic E-state index is 13.0. The number of fused-ring (bicyclic) bond motifs is 3. The number of rotatable bonds is 1. The fourth-order valence-electron chi connectivity index (χ4n) is 2.89. The van der Waals surface area contributed by atoms with Crippen molar-refractivity contribution >= 4 is 37.6 Å². The number of pyridine rings is 1. The lowest BCUT2D eigenvalue weighted by Gasteiger charge is -2.13. The summed E-state index contributed by atoms with van der Waals surface area (Å²) in [6.45, 7) is 0. The molecule has 3 aromatic carbocycles. The van der Waals surface area contributed by atoms with E-state index in [0.29, 0.717) is 0 Å². The van der Waals surface area contributed by atoms with Gasteiger partial charge >= 0.3 is 0 Å². The molecule has 0 spiro atoms. The average molecular weight is 350 g/mol. The molecule has 1 aromatic heterocycles. The fourth-order valence-corrected chi connectivity index (χ4v) is 3.23. The van der Waals surface area contributed by atoms with Crippen molar-refractivity contribution in [2.75, 3.05) is 0 Å². The third kappa shape index (κ3) is 1.97. The predicted octanol–water partition coefficient (Wildman–Crippen LogP) is 4.91. The Hall–Kier alpha value is -2.39. The molecule has 0 aliphatic rings. The molecule has 4 aromatic rings. The van der Waals surface area contributed by atoms with Gasteiger partial charge in [-0.1, -0.05) is 58.4 Å². The van der Waals surface area contributed by atoms with Crippen LogP contribution >= 0.6 is 15.9 Å². The number of aromatic nitrogens is 1. The Balaban J connectivity index is 2.29. The second kappa shape index (κ2) is 5.11. The number of hydrogen-bond acceptors (Lipinski definition) is 1. The molecule has 4 rings (SSSR count). The number of nitrogens with zero attached hydrogens (tertiary/aromatic N) is 1. The van der Waals surface area contributed by atoms with Crippen molar-refractivity contribution in [1.82, 2.24) is 4.57 Å². The van der Waals surface area contributed by atoms with Crippen molar-refractivity contribution < 1.29 is 0 Å². The zero-order valence-corrected chi connectivity index (χ0v) is 13.2. The van der Waals surface area contributed by atoms with Crippen LogP contribution in [0.3, 0.4) is 0 Å². The van der Waals surface area contributed by atoms with Crippen LogP contribution in [0.1, 0.15) is 0 Å². The van der Waals surface area contributed by atoms with Gasteiger partial charge in [0.1, 0.15) is 0 Å². The third-order valence-corrected chi connectivity index (χ3v) is 4.36. The van der Waals surface area contributed by atoms with Gasteiger partial charge in [-0.2, -0.15) is 0 Å². The zero-order valence-electron chi connectivity index (χ0n) is 11.7. The molecule has 3 heteroatoms. The third-order valence-electron chi connectivity index (χ3n) is 3.87. The van der Waals surface area contributed by atoms with E-state index in [9.17, 15) is 4.79 Å². The summed E-state index contributed by atoms with van der Waals surface area (Å²) in [6.07, 6.45) is 0. The first-order valence-electron chi connectivity index (χ1n) is 7.04. The SMILES string of the molecule is O=c1c2ccccc2c2ccc(Br)cc2n1-c1ccccc1. The summed E-state index contributed by atoms with van der Waals surface area (Å²) < 4.78 is 2.74. The Morgan fingerprint density at radius 1 is 0.727 bits per heavy atom. The van der Waals surface area contributed by atoms with E-state index >= 15 is 0 Å². The Morgan fingerprint density at radius 2 is 1.41 bits per heavy atom. The Labute approximate surface area is 135 Å². The van der Waals surface area contributed by atoms with Crippen LogP contribution in [-0.4, -0.2) is 4.57 Å². The molecule has 0 radical (unpaired) electrons. The van der Waals surface area contributed by atoms with Gasteiger partial charge in [-0.05, 0) is 35.7 Å². The van der Waals surface area contributed by atoms with Crippen LogP contribution in [0.4, 0.5) is 0 Å². The van der Waals surface area contributed by atoms with Crippen molar-refractivity contribution in [3.63, 3.8) is 0 Å². The van der Waals surface area contributed by atoms with Gasteiger partial charge in [0.2, 0.25) is 0 Å². The first-order valence-corrected chi connectivity index (χ1v) is 7.83. The number of hydrogen-bond donors (Lipinski definition) is 0. The summed E-state index contributed by atoms with van der Waals surface area (Å²) in [4.78, 5) is 13.0. The van der Waals surface area contributed by atoms with Crippen molar-refractivity contribution in [1.29, 1.82) is 0 Å². The molecule has 22 heavy (non-hydrogen) atoms. The van der Waals surface area contributed by atoms with Gasteiger partial charge in [-0.25, -0.2) is 0 Å². The molecule has 0 unspecified atom stereocenters. The lowest BCUT2D eigenvalue weighted by atomic mass is 10.1. The van der Waals surface area contributed by atoms with Gasteiger partial charge in [0.25, 0.3) is 5.56 Å². The maximum atomic E-state index is 13.0. The van der Waals surface area contributed by atoms with E-state index in [-0.39, 0.29) is 5.56 Å². The lowest BCUT2D eigenvalue weighted by Crippen LogP contribution is -2.19. The molecule has 0 bridgehead atoms. The van der Waals surface area contributed by atoms with Gasteiger partial charge in [-0.3, -0.25) is 9.36 Å². The highest BCUT2D eigenvalue weighted by molar-refractivity contribution is 9.10. The molecular formula is C19H12BrNO. The van der Waals surface area contributed by atoms with Gasteiger partial charge in [-0.15, -0.1) is 0 Å². The quantitative estimate of drug-likeness (QED) is 0.447. The largest absolute Gasteiger partial charge is 0.276 e. The summed E-state index contributed by atoms with van der Waals surface area (Å²) in [5.74, 6) is 0. The Bertz CT molecular complexity index is 1050. The highest BCUT2D eigenvalue weighted by atomic mass is 79.9.